The van der Waals surface area contributed by atoms with E-state index in [0.717, 1.165) is 22.6 Å². The molecule has 0 radical (unpaired) electrons. The van der Waals surface area contributed by atoms with Crippen molar-refractivity contribution in [2.24, 2.45) is 0 Å². The molecule has 0 spiro atoms. The predicted molar refractivity (Wildman–Crippen MR) is 62.2 cm³/mol. The lowest BCUT2D eigenvalue weighted by molar-refractivity contribution is 0.422. The summed E-state index contributed by atoms with van der Waals surface area (Å²) in [7, 11) is 1.66. The van der Waals surface area contributed by atoms with Crippen LogP contribution in [0.25, 0.3) is 10.1 Å². The number of nitrogen functional groups attached to an aromatic ring is 1. The molecule has 1 aromatic heterocycles. The first-order valence-electron chi connectivity index (χ1n) is 4.60. The van der Waals surface area contributed by atoms with Crippen molar-refractivity contribution >= 4 is 27.1 Å². The Morgan fingerprint density at radius 3 is 2.93 bits per heavy atom. The van der Waals surface area contributed by atoms with Gasteiger partial charge >= 0.3 is 0 Å². The van der Waals surface area contributed by atoms with E-state index in [1.54, 1.807) is 18.4 Å². The Labute approximate surface area is 87.3 Å². The van der Waals surface area contributed by atoms with Gasteiger partial charge in [0.05, 0.1) is 17.5 Å². The van der Waals surface area contributed by atoms with Crippen molar-refractivity contribution in [1.29, 1.82) is 0 Å². The molecule has 14 heavy (non-hydrogen) atoms. The van der Waals surface area contributed by atoms with Crippen molar-refractivity contribution in [1.82, 2.24) is 0 Å². The Bertz CT molecular complexity index is 462. The fraction of sp³-hybridized carbons (Fsp3) is 0.273. The van der Waals surface area contributed by atoms with Gasteiger partial charge in [-0.15, -0.1) is 11.3 Å². The first-order chi connectivity index (χ1) is 6.77. The van der Waals surface area contributed by atoms with Crippen LogP contribution in [-0.4, -0.2) is 7.11 Å². The minimum absolute atomic E-state index is 0.735. The second kappa shape index (κ2) is 3.50. The van der Waals surface area contributed by atoms with Crippen LogP contribution in [-0.2, 0) is 6.42 Å². The maximum atomic E-state index is 5.91. The van der Waals surface area contributed by atoms with Crippen molar-refractivity contribution in [2.75, 3.05) is 12.8 Å². The Morgan fingerprint density at radius 1 is 1.50 bits per heavy atom. The molecule has 1 aromatic carbocycles. The van der Waals surface area contributed by atoms with Gasteiger partial charge in [0, 0.05) is 0 Å². The summed E-state index contributed by atoms with van der Waals surface area (Å²) in [6.45, 7) is 2.14. The quantitative estimate of drug-likeness (QED) is 0.768. The molecule has 0 aliphatic carbocycles. The third-order valence-electron chi connectivity index (χ3n) is 2.39. The number of thiophene rings is 1. The molecule has 3 heteroatoms. The van der Waals surface area contributed by atoms with Gasteiger partial charge in [-0.2, -0.15) is 0 Å². The predicted octanol–water partition coefficient (Wildman–Crippen LogP) is 3.05. The zero-order valence-corrected chi connectivity index (χ0v) is 9.15. The minimum atomic E-state index is 0.735. The zero-order chi connectivity index (χ0) is 10.1. The molecule has 2 aromatic rings. The summed E-state index contributed by atoms with van der Waals surface area (Å²) in [4.78, 5) is 0. The number of fused-ring (bicyclic) bond motifs is 1. The van der Waals surface area contributed by atoms with Crippen molar-refractivity contribution in [3.63, 3.8) is 0 Å². The van der Waals surface area contributed by atoms with Crippen LogP contribution < -0.4 is 10.5 Å². The number of ether oxygens (including phenoxy) is 1. The third kappa shape index (κ3) is 1.24. The van der Waals surface area contributed by atoms with Gasteiger partial charge in [0.1, 0.15) is 0 Å². The standard InChI is InChI=1S/C11H13NOS/c1-3-7-6-9(12)10(13-2)11-8(7)4-5-14-11/h4-6H,3,12H2,1-2H3. The van der Waals surface area contributed by atoms with E-state index in [4.69, 9.17) is 10.5 Å². The largest absolute Gasteiger partial charge is 0.493 e. The maximum Gasteiger partial charge on any atom is 0.159 e. The Balaban J connectivity index is 2.81. The van der Waals surface area contributed by atoms with E-state index in [9.17, 15) is 0 Å². The second-order valence-electron chi connectivity index (χ2n) is 3.18. The maximum absolute atomic E-state index is 5.91. The molecule has 0 saturated carbocycles. The summed E-state index contributed by atoms with van der Waals surface area (Å²) in [5, 5.41) is 3.34. The Hall–Kier alpha value is -1.22. The lowest BCUT2D eigenvalue weighted by Crippen LogP contribution is -1.94. The molecule has 0 fully saturated rings. The van der Waals surface area contributed by atoms with Crippen molar-refractivity contribution in [2.45, 2.75) is 13.3 Å². The number of benzene rings is 1. The Kier molecular flexibility index (Phi) is 2.33. The number of rotatable bonds is 2. The van der Waals surface area contributed by atoms with E-state index in [1.807, 2.05) is 6.07 Å². The van der Waals surface area contributed by atoms with E-state index < -0.39 is 0 Å². The van der Waals surface area contributed by atoms with Gasteiger partial charge in [0.25, 0.3) is 0 Å². The van der Waals surface area contributed by atoms with Crippen LogP contribution in [0.1, 0.15) is 12.5 Å². The fourth-order valence-electron chi connectivity index (χ4n) is 1.70. The lowest BCUT2D eigenvalue weighted by Gasteiger charge is -2.08. The molecule has 0 aliphatic rings. The number of hydrogen-bond acceptors (Lipinski definition) is 3. The Morgan fingerprint density at radius 2 is 2.29 bits per heavy atom. The topological polar surface area (TPSA) is 35.2 Å². The average Bonchev–Trinajstić information content (AvgIpc) is 2.65. The molecule has 0 aliphatic heterocycles. The molecule has 0 amide bonds. The van der Waals surface area contributed by atoms with Gasteiger partial charge in [-0.05, 0) is 34.9 Å². The van der Waals surface area contributed by atoms with Gasteiger partial charge in [-0.3, -0.25) is 0 Å². The van der Waals surface area contributed by atoms with Crippen LogP contribution in [0, 0.1) is 0 Å². The molecule has 2 N–H and O–H groups in total. The number of methoxy groups -OCH3 is 1. The summed E-state index contributed by atoms with van der Waals surface area (Å²) in [6.07, 6.45) is 1.00. The summed E-state index contributed by atoms with van der Waals surface area (Å²) in [6, 6.07) is 4.13. The van der Waals surface area contributed by atoms with E-state index in [-0.39, 0.29) is 0 Å². The molecule has 0 saturated heterocycles. The van der Waals surface area contributed by atoms with Crippen LogP contribution in [0.3, 0.4) is 0 Å². The molecule has 0 atom stereocenters. The molecular weight excluding hydrogens is 194 g/mol. The lowest BCUT2D eigenvalue weighted by atomic mass is 10.1. The average molecular weight is 207 g/mol. The second-order valence-corrected chi connectivity index (χ2v) is 4.09. The van der Waals surface area contributed by atoms with Crippen LogP contribution in [0.2, 0.25) is 0 Å². The fourth-order valence-corrected chi connectivity index (χ4v) is 2.68. The van der Waals surface area contributed by atoms with E-state index in [2.05, 4.69) is 18.4 Å². The van der Waals surface area contributed by atoms with Crippen LogP contribution >= 0.6 is 11.3 Å². The van der Waals surface area contributed by atoms with Crippen LogP contribution in [0.5, 0.6) is 5.75 Å². The zero-order valence-electron chi connectivity index (χ0n) is 8.33. The first kappa shape index (κ1) is 9.34. The van der Waals surface area contributed by atoms with Gasteiger partial charge in [0.15, 0.2) is 5.75 Å². The number of hydrogen-bond donors (Lipinski definition) is 1. The highest BCUT2D eigenvalue weighted by Gasteiger charge is 2.10. The molecule has 1 heterocycles. The molecular formula is C11H13NOS. The molecule has 2 rings (SSSR count). The van der Waals surface area contributed by atoms with Crippen LogP contribution in [0.4, 0.5) is 5.69 Å². The summed E-state index contributed by atoms with van der Waals surface area (Å²) >= 11 is 1.68. The normalized spacial score (nSPS) is 10.7. The SMILES string of the molecule is CCc1cc(N)c(OC)c2sccc12. The number of aryl methyl sites for hydroxylation is 1. The van der Waals surface area contributed by atoms with Crippen molar-refractivity contribution < 1.29 is 4.74 Å². The van der Waals surface area contributed by atoms with E-state index in [0.29, 0.717) is 0 Å². The van der Waals surface area contributed by atoms with E-state index >= 15 is 0 Å². The van der Waals surface area contributed by atoms with E-state index in [1.165, 1.54) is 10.9 Å². The number of anilines is 1. The van der Waals surface area contributed by atoms with Crippen molar-refractivity contribution in [3.8, 4) is 5.75 Å². The minimum Gasteiger partial charge on any atom is -0.493 e. The summed E-state index contributed by atoms with van der Waals surface area (Å²) < 4.78 is 6.46. The van der Waals surface area contributed by atoms with Gasteiger partial charge in [-0.25, -0.2) is 0 Å². The highest BCUT2D eigenvalue weighted by atomic mass is 32.1. The molecule has 74 valence electrons. The van der Waals surface area contributed by atoms with Crippen LogP contribution in [0.15, 0.2) is 17.5 Å². The highest BCUT2D eigenvalue weighted by molar-refractivity contribution is 7.17. The monoisotopic (exact) mass is 207 g/mol. The molecule has 2 nitrogen and oxygen atoms in total. The van der Waals surface area contributed by atoms with Crippen molar-refractivity contribution in [3.05, 3.63) is 23.1 Å². The van der Waals surface area contributed by atoms with Gasteiger partial charge in [-0.1, -0.05) is 6.92 Å². The smallest absolute Gasteiger partial charge is 0.159 e. The third-order valence-corrected chi connectivity index (χ3v) is 3.31. The molecule has 0 bridgehead atoms. The number of nitrogens with two attached hydrogens (primary N) is 1. The molecule has 0 unspecified atom stereocenters. The van der Waals surface area contributed by atoms with Gasteiger partial charge in [0.2, 0.25) is 0 Å². The summed E-state index contributed by atoms with van der Waals surface area (Å²) in [5.41, 5.74) is 7.94. The first-order valence-corrected chi connectivity index (χ1v) is 5.48. The van der Waals surface area contributed by atoms with Gasteiger partial charge < -0.3 is 10.5 Å². The highest BCUT2D eigenvalue weighted by Crippen LogP contribution is 2.38. The summed E-state index contributed by atoms with van der Waals surface area (Å²) in [5.74, 6) is 0.812.